The van der Waals surface area contributed by atoms with Crippen LogP contribution in [-0.2, 0) is 0 Å². The first-order valence-corrected chi connectivity index (χ1v) is 14.0. The fourth-order valence-electron chi connectivity index (χ4n) is 0.742. The topological polar surface area (TPSA) is 0 Å². The molecule has 0 N–H and O–H groups in total. The molecule has 0 aliphatic rings. The summed E-state index contributed by atoms with van der Waals surface area (Å²) in [7, 11) is 0. The number of hydrogen-bond acceptors (Lipinski definition) is 0. The van der Waals surface area contributed by atoms with E-state index in [1.807, 2.05) is 30.3 Å². The fourth-order valence-corrected chi connectivity index (χ4v) is 2.18. The average molecular weight is 284 g/mol. The van der Waals surface area contributed by atoms with Crippen molar-refractivity contribution in [3.8, 4) is 10.7 Å². The Kier molecular flexibility index (Phi) is 3.43. The molecule has 0 aliphatic heterocycles. The molecule has 0 spiro atoms. The van der Waals surface area contributed by atoms with Crippen molar-refractivity contribution in [1.29, 1.82) is 0 Å². The van der Waals surface area contributed by atoms with E-state index in [1.54, 1.807) is 0 Å². The van der Waals surface area contributed by atoms with Crippen LogP contribution < -0.4 is 0 Å². The Labute approximate surface area is 83.4 Å². The molecule has 0 bridgehead atoms. The van der Waals surface area contributed by atoms with E-state index in [2.05, 4.69) is 36.2 Å². The number of benzene rings is 1. The summed E-state index contributed by atoms with van der Waals surface area (Å²) >= 11 is 1.81. The van der Waals surface area contributed by atoms with Gasteiger partial charge in [0.2, 0.25) is 0 Å². The van der Waals surface area contributed by atoms with E-state index in [-0.39, 0.29) is 0 Å². The van der Waals surface area contributed by atoms with Gasteiger partial charge in [-0.2, -0.15) is 0 Å². The van der Waals surface area contributed by atoms with E-state index < -0.39 is 11.4 Å². The summed E-state index contributed by atoms with van der Waals surface area (Å²) < 4.78 is 3.29. The van der Waals surface area contributed by atoms with Crippen LogP contribution in [0.3, 0.4) is 0 Å². The molecule has 0 fully saturated rings. The van der Waals surface area contributed by atoms with Crippen LogP contribution >= 0.6 is 14.0 Å². The summed E-state index contributed by atoms with van der Waals surface area (Å²) in [5, 5.41) is 0. The minimum absolute atomic E-state index is 1.11. The minimum atomic E-state index is -1.84. The average Bonchev–Trinajstić information content (AvgIpc) is 2.02. The zero-order chi connectivity index (χ0) is 9.03. The van der Waals surface area contributed by atoms with E-state index >= 15 is 0 Å². The molecule has 0 aromatic heterocycles. The fraction of sp³-hybridized carbons (Fsp3) is 0.200. The molecule has 12 heavy (non-hydrogen) atoms. The van der Waals surface area contributed by atoms with Gasteiger partial charge < -0.3 is 0 Å². The second-order valence-corrected chi connectivity index (χ2v) is 20.1. The van der Waals surface area contributed by atoms with Crippen molar-refractivity contribution in [2.24, 2.45) is 0 Å². The van der Waals surface area contributed by atoms with Crippen molar-refractivity contribution in [3.05, 3.63) is 35.9 Å². The van der Waals surface area contributed by atoms with Crippen molar-refractivity contribution in [1.82, 2.24) is 0 Å². The maximum atomic E-state index is 3.65. The van der Waals surface area contributed by atoms with Gasteiger partial charge in [-0.15, -0.1) is 0 Å². The third-order valence-electron chi connectivity index (χ3n) is 1.28. The molecule has 0 saturated carbocycles. The number of halogens is 1. The van der Waals surface area contributed by atoms with Crippen LogP contribution in [0.15, 0.2) is 30.3 Å². The SMILES string of the molecule is [CH3][Ge]([CH3])([Br])[C]#Cc1ccccc1. The second kappa shape index (κ2) is 4.16. The predicted molar refractivity (Wildman–Crippen MR) is 59.7 cm³/mol. The summed E-state index contributed by atoms with van der Waals surface area (Å²) in [4.78, 5) is 0. The summed E-state index contributed by atoms with van der Waals surface area (Å²) in [6, 6.07) is 10.1. The van der Waals surface area contributed by atoms with Crippen LogP contribution in [0.4, 0.5) is 0 Å². The standard InChI is InChI=1S/C10H11BrGe/c1-12(2,11)9-8-10-6-4-3-5-7-10/h3-7H,1-2H3. The first-order valence-electron chi connectivity index (χ1n) is 3.85. The van der Waals surface area contributed by atoms with Gasteiger partial charge in [-0.3, -0.25) is 0 Å². The van der Waals surface area contributed by atoms with E-state index in [1.165, 1.54) is 0 Å². The Morgan fingerprint density at radius 2 is 1.75 bits per heavy atom. The van der Waals surface area contributed by atoms with Crippen molar-refractivity contribution in [3.63, 3.8) is 0 Å². The molecule has 0 atom stereocenters. The molecule has 0 saturated heterocycles. The van der Waals surface area contributed by atoms with Gasteiger partial charge in [-0.1, -0.05) is 0 Å². The van der Waals surface area contributed by atoms with Crippen LogP contribution in [0.2, 0.25) is 11.5 Å². The maximum absolute atomic E-state index is 3.65. The summed E-state index contributed by atoms with van der Waals surface area (Å²) in [5.74, 6) is 7.61. The van der Waals surface area contributed by atoms with Crippen molar-refractivity contribution in [2.45, 2.75) is 11.5 Å². The third kappa shape index (κ3) is 3.99. The number of rotatable bonds is 0. The molecule has 1 rings (SSSR count). The van der Waals surface area contributed by atoms with Crippen LogP contribution in [0.1, 0.15) is 5.56 Å². The molecule has 0 unspecified atom stereocenters. The molecule has 0 amide bonds. The third-order valence-corrected chi connectivity index (χ3v) is 3.82. The monoisotopic (exact) mass is 284 g/mol. The summed E-state index contributed by atoms with van der Waals surface area (Å²) in [6.07, 6.45) is 0. The first-order chi connectivity index (χ1) is 5.58. The molecular formula is C10H11BrGe. The molecule has 0 heterocycles. The van der Waals surface area contributed by atoms with E-state index in [4.69, 9.17) is 0 Å². The Morgan fingerprint density at radius 3 is 2.25 bits per heavy atom. The van der Waals surface area contributed by atoms with Gasteiger partial charge in [0.15, 0.2) is 0 Å². The van der Waals surface area contributed by atoms with Gasteiger partial charge in [0.1, 0.15) is 0 Å². The second-order valence-electron chi connectivity index (χ2n) is 3.09. The Bertz CT molecular complexity index is 300. The van der Waals surface area contributed by atoms with Crippen molar-refractivity contribution < 1.29 is 0 Å². The van der Waals surface area contributed by atoms with Crippen LogP contribution in [0.25, 0.3) is 0 Å². The van der Waals surface area contributed by atoms with E-state index in [0.29, 0.717) is 0 Å². The molecule has 62 valence electrons. The van der Waals surface area contributed by atoms with E-state index in [9.17, 15) is 0 Å². The molecule has 2 heteroatoms. The van der Waals surface area contributed by atoms with E-state index in [0.717, 1.165) is 5.56 Å². The Hall–Kier alpha value is -0.197. The van der Waals surface area contributed by atoms with Crippen molar-refractivity contribution >= 4 is 25.4 Å². The Balaban J connectivity index is 2.81. The summed E-state index contributed by atoms with van der Waals surface area (Å²) in [6.45, 7) is 0. The molecule has 1 aromatic rings. The quantitative estimate of drug-likeness (QED) is 0.507. The predicted octanol–water partition coefficient (Wildman–Crippen LogP) is 3.18. The van der Waals surface area contributed by atoms with Gasteiger partial charge in [0.05, 0.1) is 0 Å². The molecule has 0 nitrogen and oxygen atoms in total. The van der Waals surface area contributed by atoms with Crippen LogP contribution in [0, 0.1) is 10.7 Å². The number of hydrogen-bond donors (Lipinski definition) is 0. The van der Waals surface area contributed by atoms with Gasteiger partial charge in [0.25, 0.3) is 0 Å². The van der Waals surface area contributed by atoms with Crippen LogP contribution in [-0.4, -0.2) is 11.4 Å². The molecule has 0 aliphatic carbocycles. The molecule has 0 radical (unpaired) electrons. The van der Waals surface area contributed by atoms with Gasteiger partial charge in [-0.05, 0) is 0 Å². The molecular weight excluding hydrogens is 273 g/mol. The normalized spacial score (nSPS) is 10.2. The zero-order valence-corrected chi connectivity index (χ0v) is 10.9. The zero-order valence-electron chi connectivity index (χ0n) is 7.26. The Morgan fingerprint density at radius 1 is 1.17 bits per heavy atom. The van der Waals surface area contributed by atoms with Gasteiger partial charge >= 0.3 is 83.5 Å². The van der Waals surface area contributed by atoms with Crippen LogP contribution in [0.5, 0.6) is 0 Å². The van der Waals surface area contributed by atoms with Gasteiger partial charge in [-0.25, -0.2) is 0 Å². The molecule has 1 aromatic carbocycles. The van der Waals surface area contributed by atoms with Gasteiger partial charge in [0, 0.05) is 0 Å². The van der Waals surface area contributed by atoms with Crippen molar-refractivity contribution in [2.75, 3.05) is 0 Å². The summed E-state index contributed by atoms with van der Waals surface area (Å²) in [5.41, 5.74) is 1.11. The first kappa shape index (κ1) is 9.89.